The number of hydrogen-bond donors (Lipinski definition) is 1. The molecule has 2 aliphatic heterocycles. The second-order valence-corrected chi connectivity index (χ2v) is 8.70. The van der Waals surface area contributed by atoms with Crippen LogP contribution in [-0.4, -0.2) is 47.5 Å². The SMILES string of the molecule is O=C(CCC1CCNCC1)N1CCSC2(CCCCC2)C1. The summed E-state index contributed by atoms with van der Waals surface area (Å²) in [5.74, 6) is 2.36. The van der Waals surface area contributed by atoms with Crippen molar-refractivity contribution in [1.82, 2.24) is 10.2 Å². The van der Waals surface area contributed by atoms with Gasteiger partial charge in [-0.1, -0.05) is 19.3 Å². The zero-order valence-corrected chi connectivity index (χ0v) is 14.1. The first-order valence-electron chi connectivity index (χ1n) is 8.90. The molecule has 0 unspecified atom stereocenters. The molecule has 1 saturated carbocycles. The van der Waals surface area contributed by atoms with Crippen LogP contribution >= 0.6 is 11.8 Å². The Hall–Kier alpha value is -0.220. The Morgan fingerprint density at radius 3 is 2.71 bits per heavy atom. The number of rotatable bonds is 3. The number of nitrogens with one attached hydrogen (secondary N) is 1. The minimum absolute atomic E-state index is 0.418. The molecule has 0 radical (unpaired) electrons. The molecule has 3 fully saturated rings. The van der Waals surface area contributed by atoms with Gasteiger partial charge in [0.1, 0.15) is 0 Å². The maximum Gasteiger partial charge on any atom is 0.222 e. The van der Waals surface area contributed by atoms with Gasteiger partial charge >= 0.3 is 0 Å². The molecule has 3 aliphatic rings. The minimum Gasteiger partial charge on any atom is -0.340 e. The molecule has 120 valence electrons. The molecular formula is C17H30N2OS. The van der Waals surface area contributed by atoms with E-state index in [-0.39, 0.29) is 0 Å². The molecule has 3 rings (SSSR count). The van der Waals surface area contributed by atoms with Crippen LogP contribution < -0.4 is 5.32 Å². The highest BCUT2D eigenvalue weighted by Gasteiger charge is 2.38. The molecule has 1 spiro atoms. The van der Waals surface area contributed by atoms with Crippen molar-refractivity contribution >= 4 is 17.7 Å². The van der Waals surface area contributed by atoms with Gasteiger partial charge in [0.05, 0.1) is 0 Å². The fourth-order valence-corrected chi connectivity index (χ4v) is 5.78. The second kappa shape index (κ2) is 7.36. The molecule has 3 nitrogen and oxygen atoms in total. The van der Waals surface area contributed by atoms with Gasteiger partial charge in [-0.3, -0.25) is 4.79 Å². The molecule has 2 heterocycles. The molecule has 0 atom stereocenters. The van der Waals surface area contributed by atoms with Gasteiger partial charge in [-0.2, -0.15) is 11.8 Å². The lowest BCUT2D eigenvalue weighted by molar-refractivity contribution is -0.132. The predicted octanol–water partition coefficient (Wildman–Crippen LogP) is 3.04. The molecule has 21 heavy (non-hydrogen) atoms. The van der Waals surface area contributed by atoms with E-state index in [1.165, 1.54) is 44.9 Å². The lowest BCUT2D eigenvalue weighted by Crippen LogP contribution is -2.49. The summed E-state index contributed by atoms with van der Waals surface area (Å²) in [6.07, 6.45) is 11.2. The van der Waals surface area contributed by atoms with Crippen LogP contribution in [-0.2, 0) is 4.79 Å². The third-order valence-electron chi connectivity index (χ3n) is 5.59. The Balaban J connectivity index is 1.47. The lowest BCUT2D eigenvalue weighted by Gasteiger charge is -2.44. The summed E-state index contributed by atoms with van der Waals surface area (Å²) in [4.78, 5) is 14.8. The molecule has 2 saturated heterocycles. The number of hydrogen-bond acceptors (Lipinski definition) is 3. The summed E-state index contributed by atoms with van der Waals surface area (Å²) in [6, 6.07) is 0. The normalized spacial score (nSPS) is 27.0. The van der Waals surface area contributed by atoms with Gasteiger partial charge in [-0.15, -0.1) is 0 Å². The Labute approximate surface area is 133 Å². The van der Waals surface area contributed by atoms with Gasteiger partial charge in [0.25, 0.3) is 0 Å². The average Bonchev–Trinajstić information content (AvgIpc) is 2.54. The van der Waals surface area contributed by atoms with E-state index < -0.39 is 0 Å². The van der Waals surface area contributed by atoms with E-state index in [0.717, 1.165) is 50.7 Å². The van der Waals surface area contributed by atoms with Crippen LogP contribution in [0.4, 0.5) is 0 Å². The van der Waals surface area contributed by atoms with Gasteiger partial charge in [0.2, 0.25) is 5.91 Å². The topological polar surface area (TPSA) is 32.3 Å². The molecule has 0 bridgehead atoms. The van der Waals surface area contributed by atoms with Crippen molar-refractivity contribution in [3.05, 3.63) is 0 Å². The number of carbonyl (C=O) groups excluding carboxylic acids is 1. The monoisotopic (exact) mass is 310 g/mol. The van der Waals surface area contributed by atoms with Crippen LogP contribution in [0.3, 0.4) is 0 Å². The molecule has 0 aromatic rings. The standard InChI is InChI=1S/C17H30N2OS/c20-16(5-4-15-6-10-18-11-7-15)19-12-13-21-17(14-19)8-2-1-3-9-17/h15,18H,1-14H2. The first kappa shape index (κ1) is 15.7. The number of amides is 1. The summed E-state index contributed by atoms with van der Waals surface area (Å²) in [5, 5.41) is 3.41. The number of nitrogens with zero attached hydrogens (tertiary/aromatic N) is 1. The van der Waals surface area contributed by atoms with Crippen molar-refractivity contribution < 1.29 is 4.79 Å². The van der Waals surface area contributed by atoms with E-state index in [9.17, 15) is 4.79 Å². The zero-order valence-electron chi connectivity index (χ0n) is 13.2. The first-order valence-corrected chi connectivity index (χ1v) is 9.88. The smallest absolute Gasteiger partial charge is 0.222 e. The summed E-state index contributed by atoms with van der Waals surface area (Å²) in [6.45, 7) is 4.30. The molecule has 1 amide bonds. The number of thioether (sulfide) groups is 1. The molecule has 0 aromatic heterocycles. The maximum atomic E-state index is 12.6. The van der Waals surface area contributed by atoms with Gasteiger partial charge < -0.3 is 10.2 Å². The number of piperidine rings is 1. The van der Waals surface area contributed by atoms with Gasteiger partial charge in [-0.05, 0) is 51.1 Å². The molecule has 0 aromatic carbocycles. The summed E-state index contributed by atoms with van der Waals surface area (Å²) in [7, 11) is 0. The van der Waals surface area contributed by atoms with Crippen molar-refractivity contribution in [2.75, 3.05) is 31.9 Å². The highest BCUT2D eigenvalue weighted by atomic mass is 32.2. The maximum absolute atomic E-state index is 12.6. The van der Waals surface area contributed by atoms with Crippen LogP contribution in [0, 0.1) is 5.92 Å². The van der Waals surface area contributed by atoms with Gasteiger partial charge in [-0.25, -0.2) is 0 Å². The average molecular weight is 311 g/mol. The molecule has 4 heteroatoms. The highest BCUT2D eigenvalue weighted by Crippen LogP contribution is 2.42. The summed E-state index contributed by atoms with van der Waals surface area (Å²) in [5.41, 5.74) is 0. The fraction of sp³-hybridized carbons (Fsp3) is 0.941. The van der Waals surface area contributed by atoms with Crippen molar-refractivity contribution in [3.63, 3.8) is 0 Å². The van der Waals surface area contributed by atoms with Gasteiger partial charge in [0.15, 0.2) is 0 Å². The predicted molar refractivity (Wildman–Crippen MR) is 89.7 cm³/mol. The van der Waals surface area contributed by atoms with E-state index in [1.54, 1.807) is 0 Å². The van der Waals surface area contributed by atoms with Crippen molar-refractivity contribution in [2.24, 2.45) is 5.92 Å². The Morgan fingerprint density at radius 2 is 1.95 bits per heavy atom. The van der Waals surface area contributed by atoms with Crippen LogP contribution in [0.2, 0.25) is 0 Å². The van der Waals surface area contributed by atoms with E-state index in [4.69, 9.17) is 0 Å². The van der Waals surface area contributed by atoms with Crippen LogP contribution in [0.15, 0.2) is 0 Å². The third kappa shape index (κ3) is 4.16. The van der Waals surface area contributed by atoms with Crippen LogP contribution in [0.1, 0.15) is 57.8 Å². The fourth-order valence-electron chi connectivity index (χ4n) is 4.21. The van der Waals surface area contributed by atoms with Crippen molar-refractivity contribution in [3.8, 4) is 0 Å². The minimum atomic E-state index is 0.418. The third-order valence-corrected chi connectivity index (χ3v) is 7.13. The largest absolute Gasteiger partial charge is 0.340 e. The van der Waals surface area contributed by atoms with E-state index in [1.807, 2.05) is 0 Å². The molecular weight excluding hydrogens is 280 g/mol. The van der Waals surface area contributed by atoms with Crippen LogP contribution in [0.25, 0.3) is 0 Å². The van der Waals surface area contributed by atoms with Gasteiger partial charge in [0, 0.05) is 30.0 Å². The Bertz CT molecular complexity index is 343. The zero-order chi connectivity index (χ0) is 14.5. The second-order valence-electron chi connectivity index (χ2n) is 7.14. The summed E-state index contributed by atoms with van der Waals surface area (Å²) < 4.78 is 0.418. The number of carbonyl (C=O) groups is 1. The molecule has 1 aliphatic carbocycles. The van der Waals surface area contributed by atoms with Crippen molar-refractivity contribution in [1.29, 1.82) is 0 Å². The Morgan fingerprint density at radius 1 is 1.19 bits per heavy atom. The molecule has 1 N–H and O–H groups in total. The first-order chi connectivity index (χ1) is 10.3. The lowest BCUT2D eigenvalue weighted by atomic mass is 9.87. The van der Waals surface area contributed by atoms with E-state index in [2.05, 4.69) is 22.0 Å². The van der Waals surface area contributed by atoms with E-state index >= 15 is 0 Å². The quantitative estimate of drug-likeness (QED) is 0.869. The highest BCUT2D eigenvalue weighted by molar-refractivity contribution is 8.00. The van der Waals surface area contributed by atoms with Crippen LogP contribution in [0.5, 0.6) is 0 Å². The summed E-state index contributed by atoms with van der Waals surface area (Å²) >= 11 is 2.15. The van der Waals surface area contributed by atoms with E-state index in [0.29, 0.717) is 10.7 Å². The Kier molecular flexibility index (Phi) is 5.49. The van der Waals surface area contributed by atoms with Crippen molar-refractivity contribution in [2.45, 2.75) is 62.5 Å².